The largest absolute Gasteiger partial charge is 0.301 e. The van der Waals surface area contributed by atoms with E-state index in [1.807, 2.05) is 0 Å². The molecule has 0 aliphatic rings. The minimum Gasteiger partial charge on any atom is -0.301 e. The monoisotopic (exact) mass is 219 g/mol. The van der Waals surface area contributed by atoms with Crippen LogP contribution in [0.3, 0.4) is 0 Å². The Labute approximate surface area is 94.8 Å². The van der Waals surface area contributed by atoms with E-state index in [-0.39, 0.29) is 0 Å². The van der Waals surface area contributed by atoms with E-state index in [9.17, 15) is 0 Å². The average molecular weight is 220 g/mol. The van der Waals surface area contributed by atoms with Gasteiger partial charge in [-0.2, -0.15) is 0 Å². The zero-order valence-corrected chi connectivity index (χ0v) is 10.8. The van der Waals surface area contributed by atoms with Crippen LogP contribution in [0.4, 0.5) is 0 Å². The molecule has 1 nitrogen and oxygen atoms in total. The van der Waals surface area contributed by atoms with Gasteiger partial charge in [-0.25, -0.2) is 0 Å². The molecular weight excluding hydrogens is 194 g/mol. The predicted octanol–water partition coefficient (Wildman–Crippen LogP) is 3.91. The molecule has 0 saturated carbocycles. The van der Waals surface area contributed by atoms with Gasteiger partial charge in [0.05, 0.1) is 0 Å². The second-order valence-corrected chi connectivity index (χ2v) is 4.37. The molecule has 0 fully saturated rings. The molecule has 0 bridgehead atoms. The van der Waals surface area contributed by atoms with Crippen LogP contribution >= 0.6 is 11.6 Å². The lowest BCUT2D eigenvalue weighted by Crippen LogP contribution is -2.33. The molecule has 0 radical (unpaired) electrons. The van der Waals surface area contributed by atoms with Gasteiger partial charge < -0.3 is 4.90 Å². The summed E-state index contributed by atoms with van der Waals surface area (Å²) >= 11 is 5.63. The first-order valence-electron chi connectivity index (χ1n) is 6.06. The third-order valence-corrected chi connectivity index (χ3v) is 3.22. The summed E-state index contributed by atoms with van der Waals surface area (Å²) < 4.78 is 0. The molecule has 0 heterocycles. The maximum absolute atomic E-state index is 5.63. The molecule has 0 N–H and O–H groups in total. The molecule has 0 aromatic rings. The van der Waals surface area contributed by atoms with Gasteiger partial charge in [0, 0.05) is 11.9 Å². The first-order chi connectivity index (χ1) is 6.76. The first kappa shape index (κ1) is 14.2. The molecule has 0 saturated heterocycles. The van der Waals surface area contributed by atoms with Crippen LogP contribution in [0.15, 0.2) is 0 Å². The van der Waals surface area contributed by atoms with E-state index in [4.69, 9.17) is 11.6 Å². The summed E-state index contributed by atoms with van der Waals surface area (Å²) in [6, 6.07) is 0.744. The quantitative estimate of drug-likeness (QED) is 0.420. The van der Waals surface area contributed by atoms with Crippen LogP contribution in [0.2, 0.25) is 0 Å². The third kappa shape index (κ3) is 6.67. The summed E-state index contributed by atoms with van der Waals surface area (Å²) in [6.45, 7) is 9.28. The van der Waals surface area contributed by atoms with Gasteiger partial charge in [-0.3, -0.25) is 0 Å². The Kier molecular flexibility index (Phi) is 9.97. The molecule has 0 spiro atoms. The summed E-state index contributed by atoms with van der Waals surface area (Å²) in [5.41, 5.74) is 0. The summed E-state index contributed by atoms with van der Waals surface area (Å²) in [4.78, 5) is 2.57. The van der Waals surface area contributed by atoms with Crippen molar-refractivity contribution in [2.24, 2.45) is 0 Å². The molecule has 1 atom stereocenters. The number of nitrogens with zero attached hydrogens (tertiary/aromatic N) is 1. The molecule has 14 heavy (non-hydrogen) atoms. The van der Waals surface area contributed by atoms with Gasteiger partial charge in [0.25, 0.3) is 0 Å². The summed E-state index contributed by atoms with van der Waals surface area (Å²) in [6.07, 6.45) is 6.39. The van der Waals surface area contributed by atoms with Gasteiger partial charge in [-0.15, -0.1) is 11.6 Å². The van der Waals surface area contributed by atoms with E-state index >= 15 is 0 Å². The first-order valence-corrected chi connectivity index (χ1v) is 6.59. The lowest BCUT2D eigenvalue weighted by molar-refractivity contribution is 0.210. The number of alkyl halides is 1. The van der Waals surface area contributed by atoms with Crippen molar-refractivity contribution in [1.82, 2.24) is 4.90 Å². The molecular formula is C12H26ClN. The second kappa shape index (κ2) is 9.79. The van der Waals surface area contributed by atoms with Gasteiger partial charge in [0.2, 0.25) is 0 Å². The highest BCUT2D eigenvalue weighted by molar-refractivity contribution is 6.17. The molecule has 0 amide bonds. The van der Waals surface area contributed by atoms with Crippen molar-refractivity contribution >= 4 is 11.6 Å². The normalized spacial score (nSPS) is 13.5. The SMILES string of the molecule is CCC(C)N(CC)CCCCCCCl. The highest BCUT2D eigenvalue weighted by Gasteiger charge is 2.08. The number of rotatable bonds is 9. The van der Waals surface area contributed by atoms with E-state index in [1.54, 1.807) is 0 Å². The Bertz CT molecular complexity index is 117. The number of hydrogen-bond acceptors (Lipinski definition) is 1. The van der Waals surface area contributed by atoms with Gasteiger partial charge in [0.1, 0.15) is 0 Å². The summed E-state index contributed by atoms with van der Waals surface area (Å²) in [7, 11) is 0. The van der Waals surface area contributed by atoms with E-state index in [1.165, 1.54) is 45.2 Å². The van der Waals surface area contributed by atoms with E-state index in [2.05, 4.69) is 25.7 Å². The minimum atomic E-state index is 0.744. The zero-order chi connectivity index (χ0) is 10.8. The number of halogens is 1. The zero-order valence-electron chi connectivity index (χ0n) is 10.1. The Morgan fingerprint density at radius 1 is 1.07 bits per heavy atom. The van der Waals surface area contributed by atoms with E-state index in [0.717, 1.165) is 11.9 Å². The molecule has 0 aliphatic carbocycles. The molecule has 1 unspecified atom stereocenters. The van der Waals surface area contributed by atoms with Crippen LogP contribution < -0.4 is 0 Å². The van der Waals surface area contributed by atoms with Gasteiger partial charge in [-0.05, 0) is 39.3 Å². The van der Waals surface area contributed by atoms with E-state index < -0.39 is 0 Å². The Balaban J connectivity index is 3.42. The molecule has 0 aliphatic heterocycles. The summed E-state index contributed by atoms with van der Waals surface area (Å²) in [5.74, 6) is 0.822. The van der Waals surface area contributed by atoms with Crippen molar-refractivity contribution in [3.8, 4) is 0 Å². The van der Waals surface area contributed by atoms with Crippen LogP contribution in [0, 0.1) is 0 Å². The Hall–Kier alpha value is 0.250. The van der Waals surface area contributed by atoms with Crippen molar-refractivity contribution in [1.29, 1.82) is 0 Å². The Morgan fingerprint density at radius 3 is 2.21 bits per heavy atom. The van der Waals surface area contributed by atoms with Gasteiger partial charge in [-0.1, -0.05) is 26.7 Å². The van der Waals surface area contributed by atoms with Crippen molar-refractivity contribution in [3.05, 3.63) is 0 Å². The van der Waals surface area contributed by atoms with Crippen LogP contribution in [-0.4, -0.2) is 29.9 Å². The van der Waals surface area contributed by atoms with Gasteiger partial charge in [0.15, 0.2) is 0 Å². The second-order valence-electron chi connectivity index (χ2n) is 3.99. The van der Waals surface area contributed by atoms with Crippen LogP contribution in [-0.2, 0) is 0 Å². The minimum absolute atomic E-state index is 0.744. The lowest BCUT2D eigenvalue weighted by atomic mass is 10.1. The van der Waals surface area contributed by atoms with Crippen molar-refractivity contribution < 1.29 is 0 Å². The van der Waals surface area contributed by atoms with Crippen LogP contribution in [0.25, 0.3) is 0 Å². The van der Waals surface area contributed by atoms with Gasteiger partial charge >= 0.3 is 0 Å². The molecule has 0 rings (SSSR count). The maximum atomic E-state index is 5.63. The fraction of sp³-hybridized carbons (Fsp3) is 1.00. The fourth-order valence-corrected chi connectivity index (χ4v) is 1.90. The van der Waals surface area contributed by atoms with Crippen molar-refractivity contribution in [3.63, 3.8) is 0 Å². The lowest BCUT2D eigenvalue weighted by Gasteiger charge is -2.26. The number of unbranched alkanes of at least 4 members (excludes halogenated alkanes) is 3. The molecule has 2 heteroatoms. The molecule has 0 aromatic carbocycles. The number of hydrogen-bond donors (Lipinski definition) is 0. The molecule has 86 valence electrons. The molecule has 0 aromatic heterocycles. The Morgan fingerprint density at radius 2 is 1.71 bits per heavy atom. The van der Waals surface area contributed by atoms with Crippen molar-refractivity contribution in [2.45, 2.75) is 58.9 Å². The highest BCUT2D eigenvalue weighted by Crippen LogP contribution is 2.07. The van der Waals surface area contributed by atoms with Crippen LogP contribution in [0.1, 0.15) is 52.9 Å². The average Bonchev–Trinajstić information content (AvgIpc) is 2.22. The van der Waals surface area contributed by atoms with Crippen molar-refractivity contribution in [2.75, 3.05) is 19.0 Å². The third-order valence-electron chi connectivity index (χ3n) is 2.95. The summed E-state index contributed by atoms with van der Waals surface area (Å²) in [5, 5.41) is 0. The topological polar surface area (TPSA) is 3.24 Å². The van der Waals surface area contributed by atoms with Crippen LogP contribution in [0.5, 0.6) is 0 Å². The smallest absolute Gasteiger partial charge is 0.0223 e. The highest BCUT2D eigenvalue weighted by atomic mass is 35.5. The fourth-order valence-electron chi connectivity index (χ4n) is 1.71. The predicted molar refractivity (Wildman–Crippen MR) is 66.2 cm³/mol. The standard InChI is InChI=1S/C12H26ClN/c1-4-12(3)14(5-2)11-9-7-6-8-10-13/h12H,4-11H2,1-3H3. The maximum Gasteiger partial charge on any atom is 0.0223 e. The van der Waals surface area contributed by atoms with E-state index in [0.29, 0.717) is 0 Å².